The van der Waals surface area contributed by atoms with Crippen molar-refractivity contribution in [1.29, 1.82) is 0 Å². The predicted molar refractivity (Wildman–Crippen MR) is 163 cm³/mol. The number of nitrogens with zero attached hydrogens (tertiary/aromatic N) is 5. The summed E-state index contributed by atoms with van der Waals surface area (Å²) in [5, 5.41) is 2.73. The number of nitrogens with one attached hydrogen (secondary N) is 1. The quantitative estimate of drug-likeness (QED) is 0.396. The Kier molecular flexibility index (Phi) is 13.0. The van der Waals surface area contributed by atoms with Crippen LogP contribution >= 0.6 is 0 Å². The molecule has 0 aliphatic carbocycles. The maximum Gasteiger partial charge on any atom is 0.233 e. The van der Waals surface area contributed by atoms with Crippen LogP contribution in [0.25, 0.3) is 0 Å². The molecule has 2 amide bonds. The van der Waals surface area contributed by atoms with Crippen molar-refractivity contribution in [3.05, 3.63) is 0 Å². The van der Waals surface area contributed by atoms with Crippen molar-refractivity contribution < 1.29 is 9.59 Å². The van der Waals surface area contributed by atoms with Crippen LogP contribution in [0.4, 0.5) is 0 Å². The molecule has 4 aliphatic rings. The minimum absolute atomic E-state index is 0.127. The highest BCUT2D eigenvalue weighted by atomic mass is 16.2. The molecule has 0 saturated carbocycles. The monoisotopic (exact) mass is 560 g/mol. The summed E-state index contributed by atoms with van der Waals surface area (Å²) in [7, 11) is 3.76. The Morgan fingerprint density at radius 1 is 0.675 bits per heavy atom. The molecular weight excluding hydrogens is 500 g/mol. The van der Waals surface area contributed by atoms with Crippen LogP contribution < -0.4 is 5.32 Å². The number of carbonyl (C=O) groups excluding carboxylic acids is 2. The van der Waals surface area contributed by atoms with Gasteiger partial charge in [0.2, 0.25) is 11.8 Å². The Labute approximate surface area is 245 Å². The van der Waals surface area contributed by atoms with E-state index in [1.165, 1.54) is 117 Å². The number of amides is 2. The third-order valence-corrected chi connectivity index (χ3v) is 10.7. The Balaban J connectivity index is 1.03. The first-order chi connectivity index (χ1) is 19.4. The number of likely N-dealkylation sites (tertiary alicyclic amines) is 4. The molecule has 1 N–H and O–H groups in total. The zero-order valence-electron chi connectivity index (χ0n) is 26.1. The van der Waals surface area contributed by atoms with Gasteiger partial charge in [-0.3, -0.25) is 14.5 Å². The van der Waals surface area contributed by atoms with E-state index in [1.807, 2.05) is 7.05 Å². The van der Waals surface area contributed by atoms with Crippen LogP contribution in [0, 0.1) is 23.7 Å². The van der Waals surface area contributed by atoms with Gasteiger partial charge in [-0.05, 0) is 140 Å². The zero-order chi connectivity index (χ0) is 28.3. The standard InChI is InChI=1S/C32H60N6O2/c1-27-4-13-36(14-5-27)22-23-37-16-9-29(10-17-37)24-32(40)34(3)25-30-11-18-35(19-12-30)15-6-28-7-20-38(21-8-28)26-31(39)33-2/h27-30H,4-26H2,1-3H3,(H,33,39). The van der Waals surface area contributed by atoms with E-state index in [9.17, 15) is 9.59 Å². The van der Waals surface area contributed by atoms with Crippen LogP contribution in [0.1, 0.15) is 71.1 Å². The highest BCUT2D eigenvalue weighted by Gasteiger charge is 2.27. The van der Waals surface area contributed by atoms with Gasteiger partial charge in [0.1, 0.15) is 0 Å². The Morgan fingerprint density at radius 3 is 1.73 bits per heavy atom. The number of likely N-dealkylation sites (N-methyl/N-ethyl adjacent to an activating group) is 1. The summed E-state index contributed by atoms with van der Waals surface area (Å²) in [5.41, 5.74) is 0. The van der Waals surface area contributed by atoms with Crippen LogP contribution in [-0.2, 0) is 9.59 Å². The first kappa shape index (κ1) is 31.7. The highest BCUT2D eigenvalue weighted by Crippen LogP contribution is 2.25. The Morgan fingerprint density at radius 2 is 1.15 bits per heavy atom. The minimum Gasteiger partial charge on any atom is -0.358 e. The molecule has 0 radical (unpaired) electrons. The van der Waals surface area contributed by atoms with Gasteiger partial charge >= 0.3 is 0 Å². The topological polar surface area (TPSA) is 62.4 Å². The first-order valence-electron chi connectivity index (χ1n) is 16.7. The molecule has 0 unspecified atom stereocenters. The summed E-state index contributed by atoms with van der Waals surface area (Å²) in [6.07, 6.45) is 12.0. The number of rotatable bonds is 12. The SMILES string of the molecule is CNC(=O)CN1CCC(CCN2CCC(CN(C)C(=O)CC3CCN(CCN4CCC(C)CC4)CC3)CC2)CC1. The van der Waals surface area contributed by atoms with Crippen molar-refractivity contribution in [1.82, 2.24) is 29.8 Å². The molecule has 8 heteroatoms. The average molecular weight is 561 g/mol. The second kappa shape index (κ2) is 16.4. The summed E-state index contributed by atoms with van der Waals surface area (Å²) in [4.78, 5) is 36.9. The first-order valence-corrected chi connectivity index (χ1v) is 16.7. The van der Waals surface area contributed by atoms with Gasteiger partial charge in [0.25, 0.3) is 0 Å². The second-order valence-corrected chi connectivity index (χ2v) is 13.8. The molecule has 0 aromatic rings. The third-order valence-electron chi connectivity index (χ3n) is 10.7. The largest absolute Gasteiger partial charge is 0.358 e. The van der Waals surface area contributed by atoms with Gasteiger partial charge in [-0.2, -0.15) is 0 Å². The summed E-state index contributed by atoms with van der Waals surface area (Å²) in [5.74, 6) is 3.42. The lowest BCUT2D eigenvalue weighted by atomic mass is 9.91. The fourth-order valence-electron chi connectivity index (χ4n) is 7.35. The van der Waals surface area contributed by atoms with Crippen LogP contribution in [0.15, 0.2) is 0 Å². The van der Waals surface area contributed by atoms with E-state index in [-0.39, 0.29) is 5.91 Å². The molecule has 0 aromatic heterocycles. The maximum atomic E-state index is 13.0. The molecule has 4 rings (SSSR count). The van der Waals surface area contributed by atoms with Crippen molar-refractivity contribution in [2.45, 2.75) is 71.1 Å². The molecule has 0 bridgehead atoms. The van der Waals surface area contributed by atoms with Crippen molar-refractivity contribution in [2.24, 2.45) is 23.7 Å². The van der Waals surface area contributed by atoms with Crippen LogP contribution in [0.3, 0.4) is 0 Å². The lowest BCUT2D eigenvalue weighted by Crippen LogP contribution is -2.43. The molecule has 230 valence electrons. The van der Waals surface area contributed by atoms with Gasteiger partial charge in [0.05, 0.1) is 6.54 Å². The number of carbonyl (C=O) groups is 2. The molecule has 4 aliphatic heterocycles. The van der Waals surface area contributed by atoms with Gasteiger partial charge in [0, 0.05) is 40.2 Å². The van der Waals surface area contributed by atoms with Crippen molar-refractivity contribution in [2.75, 3.05) is 99.2 Å². The number of piperidine rings is 4. The fraction of sp³-hybridized carbons (Fsp3) is 0.938. The molecule has 8 nitrogen and oxygen atoms in total. The molecule has 0 atom stereocenters. The maximum absolute atomic E-state index is 13.0. The molecule has 4 saturated heterocycles. The van der Waals surface area contributed by atoms with Gasteiger partial charge in [-0.25, -0.2) is 0 Å². The molecule has 0 spiro atoms. The van der Waals surface area contributed by atoms with Crippen molar-refractivity contribution in [3.63, 3.8) is 0 Å². The van der Waals surface area contributed by atoms with Crippen LogP contribution in [0.5, 0.6) is 0 Å². The van der Waals surface area contributed by atoms with E-state index in [4.69, 9.17) is 0 Å². The molecule has 40 heavy (non-hydrogen) atoms. The Bertz CT molecular complexity index is 749. The molecule has 0 aromatic carbocycles. The van der Waals surface area contributed by atoms with E-state index in [2.05, 4.69) is 36.7 Å². The zero-order valence-corrected chi connectivity index (χ0v) is 26.1. The Hall–Kier alpha value is -1.22. The van der Waals surface area contributed by atoms with Crippen molar-refractivity contribution in [3.8, 4) is 0 Å². The molecule has 4 fully saturated rings. The van der Waals surface area contributed by atoms with Gasteiger partial charge < -0.3 is 24.9 Å². The van der Waals surface area contributed by atoms with E-state index in [0.29, 0.717) is 24.3 Å². The van der Waals surface area contributed by atoms with Gasteiger partial charge in [0.15, 0.2) is 0 Å². The third kappa shape index (κ3) is 10.6. The van der Waals surface area contributed by atoms with E-state index in [1.54, 1.807) is 7.05 Å². The van der Waals surface area contributed by atoms with Crippen molar-refractivity contribution >= 4 is 11.8 Å². The molecule has 4 heterocycles. The smallest absolute Gasteiger partial charge is 0.233 e. The highest BCUT2D eigenvalue weighted by molar-refractivity contribution is 5.77. The summed E-state index contributed by atoms with van der Waals surface area (Å²) < 4.78 is 0. The normalized spacial score (nSPS) is 24.4. The van der Waals surface area contributed by atoms with E-state index >= 15 is 0 Å². The lowest BCUT2D eigenvalue weighted by Gasteiger charge is -2.37. The van der Waals surface area contributed by atoms with Gasteiger partial charge in [-0.1, -0.05) is 6.92 Å². The predicted octanol–water partition coefficient (Wildman–Crippen LogP) is 2.84. The van der Waals surface area contributed by atoms with E-state index < -0.39 is 0 Å². The second-order valence-electron chi connectivity index (χ2n) is 13.8. The average Bonchev–Trinajstić information content (AvgIpc) is 2.98. The molecular formula is C32H60N6O2. The van der Waals surface area contributed by atoms with Gasteiger partial charge in [-0.15, -0.1) is 0 Å². The van der Waals surface area contributed by atoms with Crippen LogP contribution in [0.2, 0.25) is 0 Å². The van der Waals surface area contributed by atoms with Crippen LogP contribution in [-0.4, -0.2) is 135 Å². The number of hydrogen-bond acceptors (Lipinski definition) is 6. The minimum atomic E-state index is 0.127. The number of hydrogen-bond donors (Lipinski definition) is 1. The summed E-state index contributed by atoms with van der Waals surface area (Å²) in [6.45, 7) is 16.8. The fourth-order valence-corrected chi connectivity index (χ4v) is 7.35. The summed E-state index contributed by atoms with van der Waals surface area (Å²) in [6, 6.07) is 0. The van der Waals surface area contributed by atoms with E-state index in [0.717, 1.165) is 37.9 Å². The summed E-state index contributed by atoms with van der Waals surface area (Å²) >= 11 is 0. The lowest BCUT2D eigenvalue weighted by molar-refractivity contribution is -0.132.